The average molecular weight is 304 g/mol. The van der Waals surface area contributed by atoms with Crippen LogP contribution in [0.4, 0.5) is 0 Å². The minimum atomic E-state index is -0.0600. The molecule has 0 amide bonds. The third-order valence-electron chi connectivity index (χ3n) is 3.73. The summed E-state index contributed by atoms with van der Waals surface area (Å²) in [5.74, 6) is 3.02. The zero-order chi connectivity index (χ0) is 14.7. The molecule has 0 atom stereocenters. The van der Waals surface area contributed by atoms with Gasteiger partial charge >= 0.3 is 0 Å². The molecule has 0 heterocycles. The highest BCUT2D eigenvalue weighted by molar-refractivity contribution is 8.01. The fraction of sp³-hybridized carbons (Fsp3) is 0.444. The van der Waals surface area contributed by atoms with E-state index in [1.165, 1.54) is 11.2 Å². The second-order valence-electron chi connectivity index (χ2n) is 5.83. The summed E-state index contributed by atoms with van der Waals surface area (Å²) in [6.45, 7) is 9.49. The van der Waals surface area contributed by atoms with Gasteiger partial charge in [0.2, 0.25) is 0 Å². The van der Waals surface area contributed by atoms with E-state index in [0.717, 1.165) is 17.7 Å². The fourth-order valence-corrected chi connectivity index (χ4v) is 6.66. The molecular formula is C18H25PS. The second-order valence-corrected chi connectivity index (χ2v) is 10.0. The summed E-state index contributed by atoms with van der Waals surface area (Å²) in [6.07, 6.45) is 16.9. The minimum absolute atomic E-state index is 0.0600. The van der Waals surface area contributed by atoms with E-state index in [9.17, 15) is 0 Å². The predicted molar refractivity (Wildman–Crippen MR) is 94.1 cm³/mol. The lowest BCUT2D eigenvalue weighted by Crippen LogP contribution is -2.16. The summed E-state index contributed by atoms with van der Waals surface area (Å²) >= 11 is 1.86. The maximum absolute atomic E-state index is 2.37. The lowest BCUT2D eigenvalue weighted by molar-refractivity contribution is 0.914. The zero-order valence-corrected chi connectivity index (χ0v) is 14.9. The Balaban J connectivity index is 1.99. The number of hydrogen-bond acceptors (Lipinski definition) is 1. The Hall–Kier alpha value is 0.780. The van der Waals surface area contributed by atoms with Crippen molar-refractivity contribution in [3.8, 4) is 0 Å². The first kappa shape index (κ1) is 17.1. The molecule has 0 unspecified atom stereocenters. The van der Waals surface area contributed by atoms with Crippen LogP contribution < -0.4 is 0 Å². The molecule has 0 saturated heterocycles. The molecule has 0 aromatic heterocycles. The SMILES string of the molecule is CS[C]1[CH][CH][CH][C]1C[C]1[CH][CH][CH][C]1P(C(C)C)C(C)C. The van der Waals surface area contributed by atoms with Crippen molar-refractivity contribution in [3.63, 3.8) is 0 Å². The second kappa shape index (κ2) is 7.87. The van der Waals surface area contributed by atoms with Crippen LogP contribution in [-0.4, -0.2) is 17.6 Å². The maximum Gasteiger partial charge on any atom is 0.0411 e. The topological polar surface area (TPSA) is 0 Å². The molecule has 0 aromatic carbocycles. The van der Waals surface area contributed by atoms with Crippen LogP contribution in [0.3, 0.4) is 0 Å². The van der Waals surface area contributed by atoms with Crippen LogP contribution in [-0.2, 0) is 0 Å². The van der Waals surface area contributed by atoms with Gasteiger partial charge in [-0.3, -0.25) is 0 Å². The smallest absolute Gasteiger partial charge is 0.0411 e. The monoisotopic (exact) mass is 304 g/mol. The molecule has 2 saturated carbocycles. The van der Waals surface area contributed by atoms with E-state index >= 15 is 0 Å². The van der Waals surface area contributed by atoms with Crippen molar-refractivity contribution >= 4 is 19.7 Å². The van der Waals surface area contributed by atoms with E-state index in [-0.39, 0.29) is 7.92 Å². The molecule has 108 valence electrons. The number of rotatable bonds is 6. The first-order valence-electron chi connectivity index (χ1n) is 7.36. The lowest BCUT2D eigenvalue weighted by Gasteiger charge is -2.35. The zero-order valence-electron chi connectivity index (χ0n) is 13.2. The van der Waals surface area contributed by atoms with Gasteiger partial charge in [-0.15, -0.1) is 0 Å². The van der Waals surface area contributed by atoms with Crippen LogP contribution in [0.15, 0.2) is 0 Å². The minimum Gasteiger partial charge on any atom is -0.156 e. The largest absolute Gasteiger partial charge is 0.156 e. The highest BCUT2D eigenvalue weighted by Gasteiger charge is 2.40. The third-order valence-corrected chi connectivity index (χ3v) is 7.79. The highest BCUT2D eigenvalue weighted by atomic mass is 32.2. The molecule has 0 nitrogen and oxygen atoms in total. The Labute approximate surface area is 133 Å². The molecule has 2 aliphatic rings. The van der Waals surface area contributed by atoms with Gasteiger partial charge in [0.25, 0.3) is 0 Å². The van der Waals surface area contributed by atoms with E-state index in [1.807, 2.05) is 11.8 Å². The van der Waals surface area contributed by atoms with Gasteiger partial charge in [0.1, 0.15) is 0 Å². The van der Waals surface area contributed by atoms with E-state index in [2.05, 4.69) is 72.5 Å². The van der Waals surface area contributed by atoms with Gasteiger partial charge in [0, 0.05) is 10.9 Å². The van der Waals surface area contributed by atoms with Crippen LogP contribution in [0.25, 0.3) is 0 Å². The Kier molecular flexibility index (Phi) is 6.74. The molecule has 0 N–H and O–H groups in total. The summed E-state index contributed by atoms with van der Waals surface area (Å²) in [5.41, 5.74) is 3.13. The molecule has 0 aliphatic heterocycles. The molecule has 0 bridgehead atoms. The van der Waals surface area contributed by atoms with Crippen LogP contribution in [0, 0.1) is 61.3 Å². The van der Waals surface area contributed by atoms with Gasteiger partial charge in [-0.1, -0.05) is 35.6 Å². The summed E-state index contributed by atoms with van der Waals surface area (Å²) in [6, 6.07) is 0. The van der Waals surface area contributed by atoms with Gasteiger partial charge in [0.05, 0.1) is 0 Å². The summed E-state index contributed by atoms with van der Waals surface area (Å²) in [5, 5.41) is 1.43. The van der Waals surface area contributed by atoms with Crippen molar-refractivity contribution in [2.45, 2.75) is 45.4 Å². The van der Waals surface area contributed by atoms with Crippen LogP contribution in [0.2, 0.25) is 0 Å². The average Bonchev–Trinajstić information content (AvgIpc) is 2.99. The molecule has 10 radical (unpaired) electrons. The van der Waals surface area contributed by atoms with Crippen molar-refractivity contribution in [1.29, 1.82) is 0 Å². The van der Waals surface area contributed by atoms with Crippen LogP contribution in [0.1, 0.15) is 34.1 Å². The van der Waals surface area contributed by atoms with Crippen LogP contribution in [0.5, 0.6) is 0 Å². The van der Waals surface area contributed by atoms with Crippen molar-refractivity contribution in [2.75, 3.05) is 6.26 Å². The first-order valence-corrected chi connectivity index (χ1v) is 10.1. The molecule has 2 heteroatoms. The maximum atomic E-state index is 2.37. The molecule has 2 rings (SSSR count). The quantitative estimate of drug-likeness (QED) is 0.583. The summed E-state index contributed by atoms with van der Waals surface area (Å²) in [4.78, 5) is 0. The van der Waals surface area contributed by atoms with Crippen molar-refractivity contribution in [1.82, 2.24) is 0 Å². The van der Waals surface area contributed by atoms with Gasteiger partial charge in [-0.25, -0.2) is 0 Å². The van der Waals surface area contributed by atoms with E-state index in [4.69, 9.17) is 0 Å². The number of hydrogen-bond donors (Lipinski definition) is 0. The summed E-state index contributed by atoms with van der Waals surface area (Å²) < 4.78 is 0. The standard InChI is InChI=1S/C18H25PS/c1-13(2)19(14(3)4)17-10-6-8-15(17)12-16-9-7-11-18(16)20-5/h6-11,13-14H,12H2,1-5H3. The molecule has 20 heavy (non-hydrogen) atoms. The van der Waals surface area contributed by atoms with Crippen molar-refractivity contribution in [2.24, 2.45) is 0 Å². The molecule has 0 spiro atoms. The van der Waals surface area contributed by atoms with E-state index < -0.39 is 0 Å². The van der Waals surface area contributed by atoms with Crippen molar-refractivity contribution in [3.05, 3.63) is 61.3 Å². The van der Waals surface area contributed by atoms with Gasteiger partial charge in [0.15, 0.2) is 0 Å². The predicted octanol–water partition coefficient (Wildman–Crippen LogP) is 5.50. The van der Waals surface area contributed by atoms with E-state index in [0.29, 0.717) is 0 Å². The van der Waals surface area contributed by atoms with Crippen LogP contribution >= 0.6 is 19.7 Å². The fourth-order valence-electron chi connectivity index (χ4n) is 2.99. The molecule has 0 aromatic rings. The first-order chi connectivity index (χ1) is 9.54. The molecule has 2 aliphatic carbocycles. The van der Waals surface area contributed by atoms with Crippen molar-refractivity contribution < 1.29 is 0 Å². The Morgan fingerprint density at radius 2 is 1.50 bits per heavy atom. The molecule has 2 fully saturated rings. The van der Waals surface area contributed by atoms with Gasteiger partial charge in [-0.05, 0) is 74.4 Å². The Bertz CT molecular complexity index is 281. The molecular weight excluding hydrogens is 279 g/mol. The normalized spacial score (nSPS) is 24.0. The van der Waals surface area contributed by atoms with Gasteiger partial charge < -0.3 is 0 Å². The third kappa shape index (κ3) is 3.95. The Morgan fingerprint density at radius 3 is 2.10 bits per heavy atom. The lowest BCUT2D eigenvalue weighted by atomic mass is 9.92. The Morgan fingerprint density at radius 1 is 0.900 bits per heavy atom. The van der Waals surface area contributed by atoms with Gasteiger partial charge in [-0.2, -0.15) is 11.8 Å². The van der Waals surface area contributed by atoms with E-state index in [1.54, 1.807) is 11.6 Å². The summed E-state index contributed by atoms with van der Waals surface area (Å²) in [7, 11) is -0.0600. The number of thioether (sulfide) groups is 1. The highest BCUT2D eigenvalue weighted by Crippen LogP contribution is 2.64.